The van der Waals surface area contributed by atoms with Gasteiger partial charge in [-0.25, -0.2) is 9.67 Å². The van der Waals surface area contributed by atoms with E-state index < -0.39 is 0 Å². The van der Waals surface area contributed by atoms with Crippen LogP contribution in [0.1, 0.15) is 45.9 Å². The van der Waals surface area contributed by atoms with Crippen LogP contribution < -0.4 is 10.6 Å². The number of guanidine groups is 1. The van der Waals surface area contributed by atoms with Crippen molar-refractivity contribution < 1.29 is 5.11 Å². The Kier molecular flexibility index (Phi) is 7.49. The molecule has 0 spiro atoms. The Morgan fingerprint density at radius 2 is 2.33 bits per heavy atom. The number of rotatable bonds is 8. The molecule has 2 atom stereocenters. The summed E-state index contributed by atoms with van der Waals surface area (Å²) < 4.78 is 1.97. The number of aromatic nitrogens is 3. The number of hydrogen-bond donors (Lipinski definition) is 3. The van der Waals surface area contributed by atoms with Gasteiger partial charge in [-0.1, -0.05) is 13.8 Å². The molecule has 0 saturated carbocycles. The molecule has 3 N–H and O–H groups in total. The van der Waals surface area contributed by atoms with E-state index in [1.165, 1.54) is 0 Å². The van der Waals surface area contributed by atoms with E-state index >= 15 is 0 Å². The topological polar surface area (TPSA) is 87.4 Å². The molecule has 1 aromatic rings. The first kappa shape index (κ1) is 18.7. The molecule has 1 aliphatic rings. The molecule has 7 heteroatoms. The monoisotopic (exact) mass is 336 g/mol. The highest BCUT2D eigenvalue weighted by Gasteiger charge is 2.20. The predicted molar refractivity (Wildman–Crippen MR) is 95.9 cm³/mol. The molecule has 0 aromatic carbocycles. The molecule has 7 nitrogen and oxygen atoms in total. The van der Waals surface area contributed by atoms with Crippen molar-refractivity contribution in [2.45, 2.75) is 59.0 Å². The van der Waals surface area contributed by atoms with Gasteiger partial charge < -0.3 is 15.7 Å². The van der Waals surface area contributed by atoms with Crippen molar-refractivity contribution in [3.05, 3.63) is 12.2 Å². The molecular weight excluding hydrogens is 304 g/mol. The molecule has 1 aliphatic heterocycles. The Hall–Kier alpha value is -1.63. The molecule has 1 aromatic heterocycles. The number of aliphatic hydroxyl groups is 1. The Balaban J connectivity index is 1.92. The van der Waals surface area contributed by atoms with Gasteiger partial charge in [0.05, 0.1) is 6.54 Å². The first-order chi connectivity index (χ1) is 11.6. The van der Waals surface area contributed by atoms with Crippen LogP contribution in [-0.2, 0) is 13.0 Å². The van der Waals surface area contributed by atoms with Crippen molar-refractivity contribution in [2.75, 3.05) is 19.7 Å². The first-order valence-electron chi connectivity index (χ1n) is 9.14. The van der Waals surface area contributed by atoms with E-state index in [0.717, 1.165) is 57.1 Å². The van der Waals surface area contributed by atoms with Crippen molar-refractivity contribution in [3.63, 3.8) is 0 Å². The number of hydrogen-bond acceptors (Lipinski definition) is 4. The summed E-state index contributed by atoms with van der Waals surface area (Å²) in [5.41, 5.74) is 0. The van der Waals surface area contributed by atoms with Crippen molar-refractivity contribution in [1.29, 1.82) is 0 Å². The number of aliphatic hydroxyl groups excluding tert-OH is 1. The number of fused-ring (bicyclic) bond motifs is 1. The second-order valence-electron chi connectivity index (χ2n) is 6.97. The Morgan fingerprint density at radius 3 is 3.04 bits per heavy atom. The predicted octanol–water partition coefficient (Wildman–Crippen LogP) is 1.19. The van der Waals surface area contributed by atoms with Crippen molar-refractivity contribution in [1.82, 2.24) is 25.4 Å². The zero-order valence-electron chi connectivity index (χ0n) is 15.2. The summed E-state index contributed by atoms with van der Waals surface area (Å²) in [5, 5.41) is 20.4. The van der Waals surface area contributed by atoms with E-state index in [1.807, 2.05) is 4.68 Å². The molecule has 0 radical (unpaired) electrons. The number of nitrogens with one attached hydrogen (secondary N) is 2. The highest BCUT2D eigenvalue weighted by Crippen LogP contribution is 2.16. The van der Waals surface area contributed by atoms with Gasteiger partial charge in [-0.3, -0.25) is 4.99 Å². The molecule has 136 valence electrons. The molecule has 2 unspecified atom stereocenters. The van der Waals surface area contributed by atoms with Crippen molar-refractivity contribution >= 4 is 5.96 Å². The number of aliphatic imine (C=N–C) groups is 1. The van der Waals surface area contributed by atoms with Gasteiger partial charge in [-0.15, -0.1) is 0 Å². The smallest absolute Gasteiger partial charge is 0.191 e. The van der Waals surface area contributed by atoms with Gasteiger partial charge in [0.1, 0.15) is 12.2 Å². The second kappa shape index (κ2) is 9.61. The maximum absolute atomic E-state index is 9.26. The third kappa shape index (κ3) is 5.78. The zero-order valence-corrected chi connectivity index (χ0v) is 15.2. The van der Waals surface area contributed by atoms with Gasteiger partial charge in [0.15, 0.2) is 5.96 Å². The Bertz CT molecular complexity index is 513. The lowest BCUT2D eigenvalue weighted by molar-refractivity contribution is 0.245. The van der Waals surface area contributed by atoms with Crippen LogP contribution in [-0.4, -0.2) is 51.6 Å². The molecule has 0 amide bonds. The minimum atomic E-state index is 0.231. The van der Waals surface area contributed by atoms with Crippen LogP contribution in [0.25, 0.3) is 0 Å². The molecule has 2 heterocycles. The van der Waals surface area contributed by atoms with E-state index in [0.29, 0.717) is 17.9 Å². The minimum absolute atomic E-state index is 0.231. The average Bonchev–Trinajstić information content (AvgIpc) is 3.00. The van der Waals surface area contributed by atoms with Gasteiger partial charge >= 0.3 is 0 Å². The fourth-order valence-electron chi connectivity index (χ4n) is 3.22. The summed E-state index contributed by atoms with van der Waals surface area (Å²) in [6.45, 7) is 9.15. The van der Waals surface area contributed by atoms with Gasteiger partial charge in [0, 0.05) is 32.2 Å². The Labute approximate surface area is 145 Å². The lowest BCUT2D eigenvalue weighted by Crippen LogP contribution is -2.47. The van der Waals surface area contributed by atoms with Crippen LogP contribution in [0.2, 0.25) is 0 Å². The summed E-state index contributed by atoms with van der Waals surface area (Å²) in [6, 6.07) is 0.318. The van der Waals surface area contributed by atoms with E-state index in [9.17, 15) is 5.11 Å². The lowest BCUT2D eigenvalue weighted by atomic mass is 9.94. The average molecular weight is 336 g/mol. The quantitative estimate of drug-likeness (QED) is 0.490. The Morgan fingerprint density at radius 1 is 1.50 bits per heavy atom. The summed E-state index contributed by atoms with van der Waals surface area (Å²) >= 11 is 0. The van der Waals surface area contributed by atoms with Gasteiger partial charge in [-0.05, 0) is 38.0 Å². The van der Waals surface area contributed by atoms with Gasteiger partial charge in [0.25, 0.3) is 0 Å². The van der Waals surface area contributed by atoms with Crippen molar-refractivity contribution in [2.24, 2.45) is 16.8 Å². The molecule has 0 fully saturated rings. The minimum Gasteiger partial charge on any atom is -0.396 e. The van der Waals surface area contributed by atoms with Crippen LogP contribution in [0.4, 0.5) is 0 Å². The number of aryl methyl sites for hydroxylation is 1. The SMILES string of the molecule is CCNC(=NCC(CCO)CC(C)C)NC1CCc2ncnn2C1. The van der Waals surface area contributed by atoms with Crippen LogP contribution in [0.5, 0.6) is 0 Å². The third-order valence-electron chi connectivity index (χ3n) is 4.34. The third-order valence-corrected chi connectivity index (χ3v) is 4.34. The molecule has 0 saturated heterocycles. The maximum Gasteiger partial charge on any atom is 0.191 e. The second-order valence-corrected chi connectivity index (χ2v) is 6.97. The standard InChI is InChI=1S/C17H32N6O/c1-4-18-17(19-10-14(7-8-24)9-13(2)3)22-15-5-6-16-20-12-21-23(16)11-15/h12-15,24H,4-11H2,1-3H3,(H2,18,19,22). The van der Waals surface area contributed by atoms with E-state index in [-0.39, 0.29) is 6.61 Å². The van der Waals surface area contributed by atoms with Crippen LogP contribution in [0, 0.1) is 11.8 Å². The summed E-state index contributed by atoms with van der Waals surface area (Å²) in [7, 11) is 0. The fourth-order valence-corrected chi connectivity index (χ4v) is 3.22. The lowest BCUT2D eigenvalue weighted by Gasteiger charge is -2.26. The fraction of sp³-hybridized carbons (Fsp3) is 0.824. The van der Waals surface area contributed by atoms with Gasteiger partial charge in [-0.2, -0.15) is 5.10 Å². The molecule has 0 bridgehead atoms. The summed E-state index contributed by atoms with van der Waals surface area (Å²) in [6.07, 6.45) is 5.51. The van der Waals surface area contributed by atoms with Gasteiger partial charge in [0.2, 0.25) is 0 Å². The molecule has 24 heavy (non-hydrogen) atoms. The van der Waals surface area contributed by atoms with E-state index in [1.54, 1.807) is 6.33 Å². The van der Waals surface area contributed by atoms with E-state index in [4.69, 9.17) is 4.99 Å². The maximum atomic E-state index is 9.26. The van der Waals surface area contributed by atoms with Crippen LogP contribution in [0.15, 0.2) is 11.3 Å². The number of nitrogens with zero attached hydrogens (tertiary/aromatic N) is 4. The van der Waals surface area contributed by atoms with Crippen LogP contribution in [0.3, 0.4) is 0 Å². The highest BCUT2D eigenvalue weighted by molar-refractivity contribution is 5.80. The molecule has 0 aliphatic carbocycles. The molecular formula is C17H32N6O. The molecule has 2 rings (SSSR count). The normalized spacial score (nSPS) is 19.2. The van der Waals surface area contributed by atoms with Crippen LogP contribution >= 0.6 is 0 Å². The highest BCUT2D eigenvalue weighted by atomic mass is 16.3. The summed E-state index contributed by atoms with van der Waals surface area (Å²) in [5.74, 6) is 2.97. The zero-order chi connectivity index (χ0) is 17.4. The first-order valence-corrected chi connectivity index (χ1v) is 9.14. The van der Waals surface area contributed by atoms with Crippen molar-refractivity contribution in [3.8, 4) is 0 Å². The summed E-state index contributed by atoms with van der Waals surface area (Å²) in [4.78, 5) is 9.03. The van der Waals surface area contributed by atoms with E-state index in [2.05, 4.69) is 41.5 Å². The largest absolute Gasteiger partial charge is 0.396 e.